The molecule has 5 heterocycles. The van der Waals surface area contributed by atoms with Crippen LogP contribution in [0.1, 0.15) is 20.7 Å². The topological polar surface area (TPSA) is 78.4 Å². The van der Waals surface area contributed by atoms with Gasteiger partial charge < -0.3 is 10.2 Å². The summed E-state index contributed by atoms with van der Waals surface area (Å²) in [5.41, 5.74) is 4.25. The lowest BCUT2D eigenvalue weighted by atomic mass is 10.1. The first kappa shape index (κ1) is 29.8. The number of hydrogen-bond acceptors (Lipinski definition) is 7. The number of amides is 2. The molecule has 7 rings (SSSR count). The number of nitrogens with zero attached hydrogens (tertiary/aromatic N) is 4. The Balaban J connectivity index is 0.998. The van der Waals surface area contributed by atoms with Crippen molar-refractivity contribution in [3.8, 4) is 21.1 Å². The molecule has 0 spiro atoms. The summed E-state index contributed by atoms with van der Waals surface area (Å²) < 4.78 is 1.36. The van der Waals surface area contributed by atoms with E-state index in [0.29, 0.717) is 46.0 Å². The van der Waals surface area contributed by atoms with E-state index in [-0.39, 0.29) is 11.8 Å². The smallest absolute Gasteiger partial charge is 0.254 e. The molecule has 7 nitrogen and oxygen atoms in total. The van der Waals surface area contributed by atoms with Crippen LogP contribution in [0.4, 0.5) is 0 Å². The van der Waals surface area contributed by atoms with Crippen LogP contribution in [0, 0.1) is 0 Å². The highest BCUT2D eigenvalue weighted by Gasteiger charge is 2.25. The third kappa shape index (κ3) is 6.32. The van der Waals surface area contributed by atoms with Gasteiger partial charge in [-0.3, -0.25) is 14.5 Å². The first-order valence-electron chi connectivity index (χ1n) is 14.5. The molecule has 1 fully saturated rings. The lowest BCUT2D eigenvalue weighted by molar-refractivity contribution is 0.0640. The number of nitrogens with one attached hydrogen (secondary N) is 1. The van der Waals surface area contributed by atoms with Crippen molar-refractivity contribution in [1.82, 2.24) is 25.1 Å². The summed E-state index contributed by atoms with van der Waals surface area (Å²) in [7, 11) is 0. The van der Waals surface area contributed by atoms with Crippen LogP contribution in [0.25, 0.3) is 42.9 Å². The number of carbonyl (C=O) groups is 2. The SMILES string of the molecule is O=C(NCCN1CCN(C(=O)c2cc(-c3ccc(Cl)s3)nc3ccccc23)CC1)c1cc(-c2ccc(Cl)s2)nc2ccccc12. The van der Waals surface area contributed by atoms with Gasteiger partial charge in [-0.1, -0.05) is 59.6 Å². The molecule has 6 aromatic rings. The lowest BCUT2D eigenvalue weighted by Gasteiger charge is -2.35. The summed E-state index contributed by atoms with van der Waals surface area (Å²) in [6, 6.07) is 26.7. The van der Waals surface area contributed by atoms with Crippen LogP contribution in [0.2, 0.25) is 8.67 Å². The van der Waals surface area contributed by atoms with Crippen molar-refractivity contribution in [2.75, 3.05) is 39.3 Å². The number of fused-ring (bicyclic) bond motifs is 2. The summed E-state index contributed by atoms with van der Waals surface area (Å²) >= 11 is 15.2. The van der Waals surface area contributed by atoms with E-state index in [0.717, 1.165) is 56.0 Å². The minimum absolute atomic E-state index is 0.00199. The van der Waals surface area contributed by atoms with Crippen molar-refractivity contribution in [3.63, 3.8) is 0 Å². The summed E-state index contributed by atoms with van der Waals surface area (Å²) in [5, 5.41) is 4.75. The van der Waals surface area contributed by atoms with Gasteiger partial charge in [0.2, 0.25) is 0 Å². The van der Waals surface area contributed by atoms with Crippen LogP contribution in [-0.4, -0.2) is 70.9 Å². The summed E-state index contributed by atoms with van der Waals surface area (Å²) in [6.45, 7) is 3.83. The standard InChI is InChI=1S/C34H27Cl2N5O2S2/c35-31-11-9-29(44-31)27-19-23(21-5-1-3-7-25(21)38-27)33(42)37-13-14-40-15-17-41(18-16-40)34(43)24-20-28(30-10-12-32(36)45-30)39-26-8-4-2-6-22(24)26/h1-12,19-20H,13-18H2,(H,37,42). The first-order valence-corrected chi connectivity index (χ1v) is 16.9. The molecular formula is C34H27Cl2N5O2S2. The van der Waals surface area contributed by atoms with E-state index in [1.54, 1.807) is 0 Å². The fraction of sp³-hybridized carbons (Fsp3) is 0.176. The number of rotatable bonds is 7. The van der Waals surface area contributed by atoms with Crippen molar-refractivity contribution < 1.29 is 9.59 Å². The normalized spacial score (nSPS) is 13.9. The lowest BCUT2D eigenvalue weighted by Crippen LogP contribution is -2.50. The number of benzene rings is 2. The first-order chi connectivity index (χ1) is 21.9. The number of halogens is 2. The third-order valence-electron chi connectivity index (χ3n) is 7.93. The summed E-state index contributed by atoms with van der Waals surface area (Å²) in [5.74, 6) is -0.142. The Hall–Kier alpha value is -3.86. The maximum atomic E-state index is 13.8. The molecule has 2 amide bonds. The quantitative estimate of drug-likeness (QED) is 0.188. The highest BCUT2D eigenvalue weighted by atomic mass is 35.5. The molecule has 2 aromatic carbocycles. The van der Waals surface area contributed by atoms with Crippen molar-refractivity contribution in [1.29, 1.82) is 0 Å². The van der Waals surface area contributed by atoms with E-state index in [1.165, 1.54) is 22.7 Å². The van der Waals surface area contributed by atoms with Gasteiger partial charge in [0.05, 0.1) is 52.0 Å². The largest absolute Gasteiger partial charge is 0.351 e. The van der Waals surface area contributed by atoms with Crippen LogP contribution in [0.15, 0.2) is 84.9 Å². The minimum atomic E-state index is -0.140. The van der Waals surface area contributed by atoms with Gasteiger partial charge in [-0.15, -0.1) is 22.7 Å². The number of carbonyl (C=O) groups excluding carboxylic acids is 2. The molecule has 226 valence electrons. The third-order valence-corrected chi connectivity index (χ3v) is 10.4. The Morgan fingerprint density at radius 3 is 1.80 bits per heavy atom. The van der Waals surface area contributed by atoms with E-state index >= 15 is 0 Å². The maximum absolute atomic E-state index is 13.8. The summed E-state index contributed by atoms with van der Waals surface area (Å²) in [6.07, 6.45) is 0. The van der Waals surface area contributed by atoms with Crippen molar-refractivity contribution in [3.05, 3.63) is 105 Å². The molecule has 11 heteroatoms. The summed E-state index contributed by atoms with van der Waals surface area (Å²) in [4.78, 5) is 42.8. The van der Waals surface area contributed by atoms with Crippen molar-refractivity contribution in [2.24, 2.45) is 0 Å². The second kappa shape index (κ2) is 12.9. The van der Waals surface area contributed by atoms with Gasteiger partial charge in [0.1, 0.15) is 0 Å². The number of piperazine rings is 1. The predicted molar refractivity (Wildman–Crippen MR) is 185 cm³/mol. The van der Waals surface area contributed by atoms with Gasteiger partial charge in [-0.25, -0.2) is 9.97 Å². The highest BCUT2D eigenvalue weighted by molar-refractivity contribution is 7.19. The molecule has 0 bridgehead atoms. The second-order valence-corrected chi connectivity index (χ2v) is 14.2. The van der Waals surface area contributed by atoms with Gasteiger partial charge >= 0.3 is 0 Å². The Labute approximate surface area is 278 Å². The average molecular weight is 673 g/mol. The van der Waals surface area contributed by atoms with Gasteiger partial charge in [0, 0.05) is 50.0 Å². The van der Waals surface area contributed by atoms with Crippen LogP contribution in [0.3, 0.4) is 0 Å². The number of hydrogen-bond donors (Lipinski definition) is 1. The zero-order valence-corrected chi connectivity index (χ0v) is 27.1. The zero-order chi connectivity index (χ0) is 30.9. The molecule has 0 saturated carbocycles. The number of thiophene rings is 2. The Morgan fingerprint density at radius 2 is 1.24 bits per heavy atom. The molecule has 0 aliphatic carbocycles. The van der Waals surface area contributed by atoms with Crippen molar-refractivity contribution >= 4 is 79.5 Å². The molecular weight excluding hydrogens is 645 g/mol. The monoisotopic (exact) mass is 671 g/mol. The highest BCUT2D eigenvalue weighted by Crippen LogP contribution is 2.34. The number of pyridine rings is 2. The van der Waals surface area contributed by atoms with E-state index in [9.17, 15) is 9.59 Å². The molecule has 1 aliphatic heterocycles. The van der Waals surface area contributed by atoms with Crippen LogP contribution < -0.4 is 5.32 Å². The van der Waals surface area contributed by atoms with E-state index in [1.807, 2.05) is 89.8 Å². The van der Waals surface area contributed by atoms with Crippen LogP contribution >= 0.6 is 45.9 Å². The molecule has 0 unspecified atom stereocenters. The van der Waals surface area contributed by atoms with Gasteiger partial charge in [0.15, 0.2) is 0 Å². The van der Waals surface area contributed by atoms with E-state index < -0.39 is 0 Å². The fourth-order valence-corrected chi connectivity index (χ4v) is 7.65. The molecule has 1 N–H and O–H groups in total. The molecule has 45 heavy (non-hydrogen) atoms. The molecule has 1 aliphatic rings. The zero-order valence-electron chi connectivity index (χ0n) is 24.0. The van der Waals surface area contributed by atoms with Gasteiger partial charge in [-0.2, -0.15) is 0 Å². The second-order valence-electron chi connectivity index (χ2n) is 10.7. The van der Waals surface area contributed by atoms with E-state index in [4.69, 9.17) is 33.2 Å². The molecule has 0 radical (unpaired) electrons. The Morgan fingerprint density at radius 1 is 0.711 bits per heavy atom. The van der Waals surface area contributed by atoms with Crippen LogP contribution in [-0.2, 0) is 0 Å². The van der Waals surface area contributed by atoms with Gasteiger partial charge in [-0.05, 0) is 48.5 Å². The minimum Gasteiger partial charge on any atom is -0.351 e. The number of para-hydroxylation sites is 2. The van der Waals surface area contributed by atoms with E-state index in [2.05, 4.69) is 10.2 Å². The molecule has 4 aromatic heterocycles. The average Bonchev–Trinajstić information content (AvgIpc) is 3.71. The fourth-order valence-electron chi connectivity index (χ4n) is 5.64. The Bertz CT molecular complexity index is 2050. The number of aromatic nitrogens is 2. The molecule has 1 saturated heterocycles. The Kier molecular flexibility index (Phi) is 8.53. The van der Waals surface area contributed by atoms with Gasteiger partial charge in [0.25, 0.3) is 11.8 Å². The maximum Gasteiger partial charge on any atom is 0.254 e. The van der Waals surface area contributed by atoms with Crippen molar-refractivity contribution in [2.45, 2.75) is 0 Å². The predicted octanol–water partition coefficient (Wildman–Crippen LogP) is 7.73. The molecule has 0 atom stereocenters. The van der Waals surface area contributed by atoms with Crippen LogP contribution in [0.5, 0.6) is 0 Å².